The van der Waals surface area contributed by atoms with E-state index in [9.17, 15) is 13.2 Å². The van der Waals surface area contributed by atoms with Crippen molar-refractivity contribution < 1.29 is 13.2 Å². The molecule has 0 spiro atoms. The van der Waals surface area contributed by atoms with Gasteiger partial charge in [0.1, 0.15) is 5.82 Å². The van der Waals surface area contributed by atoms with Crippen LogP contribution in [-0.2, 0) is 12.6 Å². The van der Waals surface area contributed by atoms with Gasteiger partial charge in [0.25, 0.3) is 0 Å². The summed E-state index contributed by atoms with van der Waals surface area (Å²) in [6.45, 7) is 1.38. The quantitative estimate of drug-likeness (QED) is 0.797. The van der Waals surface area contributed by atoms with Crippen molar-refractivity contribution in [2.24, 2.45) is 5.92 Å². The minimum atomic E-state index is -4.35. The van der Waals surface area contributed by atoms with Gasteiger partial charge < -0.3 is 0 Å². The highest BCUT2D eigenvalue weighted by atomic mass is 19.4. The van der Waals surface area contributed by atoms with Gasteiger partial charge in [0.15, 0.2) is 0 Å². The fraction of sp³-hybridized carbons (Fsp3) is 0.636. The molecule has 1 heterocycles. The van der Waals surface area contributed by atoms with Crippen molar-refractivity contribution in [2.75, 3.05) is 0 Å². The van der Waals surface area contributed by atoms with E-state index in [2.05, 4.69) is 9.97 Å². The number of hydrogen-bond acceptors (Lipinski definition) is 2. The lowest BCUT2D eigenvalue weighted by Crippen LogP contribution is -2.11. The fourth-order valence-electron chi connectivity index (χ4n) is 1.65. The zero-order valence-corrected chi connectivity index (χ0v) is 9.01. The van der Waals surface area contributed by atoms with E-state index in [-0.39, 0.29) is 5.69 Å². The van der Waals surface area contributed by atoms with Crippen LogP contribution in [0.5, 0.6) is 0 Å². The summed E-state index contributed by atoms with van der Waals surface area (Å²) in [7, 11) is 0. The summed E-state index contributed by atoms with van der Waals surface area (Å²) in [6, 6.07) is 0. The lowest BCUT2D eigenvalue weighted by atomic mass is 10.2. The van der Waals surface area contributed by atoms with Crippen molar-refractivity contribution in [3.8, 4) is 0 Å². The van der Waals surface area contributed by atoms with Gasteiger partial charge in [-0.1, -0.05) is 12.8 Å². The molecule has 1 aliphatic carbocycles. The van der Waals surface area contributed by atoms with Crippen LogP contribution in [0.1, 0.15) is 36.3 Å². The maximum absolute atomic E-state index is 12.4. The highest BCUT2D eigenvalue weighted by molar-refractivity contribution is 5.19. The van der Waals surface area contributed by atoms with Crippen LogP contribution in [-0.4, -0.2) is 9.97 Å². The number of aromatic nitrogens is 2. The third kappa shape index (κ3) is 2.71. The molecule has 16 heavy (non-hydrogen) atoms. The van der Waals surface area contributed by atoms with Crippen LogP contribution in [0.15, 0.2) is 6.20 Å². The Morgan fingerprint density at radius 3 is 2.56 bits per heavy atom. The van der Waals surface area contributed by atoms with Gasteiger partial charge >= 0.3 is 6.18 Å². The maximum atomic E-state index is 12.4. The first kappa shape index (κ1) is 11.4. The van der Waals surface area contributed by atoms with Crippen LogP contribution in [0.25, 0.3) is 0 Å². The molecule has 0 radical (unpaired) electrons. The number of rotatable bonds is 3. The zero-order chi connectivity index (χ0) is 11.8. The van der Waals surface area contributed by atoms with Gasteiger partial charge in [-0.3, -0.25) is 0 Å². The number of aryl methyl sites for hydroxylation is 2. The molecule has 0 saturated heterocycles. The molecule has 1 fully saturated rings. The Morgan fingerprint density at radius 2 is 2.06 bits per heavy atom. The molecule has 1 aromatic rings. The maximum Gasteiger partial charge on any atom is 0.419 e. The van der Waals surface area contributed by atoms with Crippen molar-refractivity contribution in [2.45, 2.75) is 38.8 Å². The van der Waals surface area contributed by atoms with Crippen molar-refractivity contribution >= 4 is 0 Å². The Kier molecular flexibility index (Phi) is 2.86. The molecule has 0 amide bonds. The third-order valence-electron chi connectivity index (χ3n) is 2.81. The van der Waals surface area contributed by atoms with E-state index in [0.29, 0.717) is 12.2 Å². The van der Waals surface area contributed by atoms with Crippen molar-refractivity contribution in [3.05, 3.63) is 23.3 Å². The molecule has 0 aliphatic heterocycles. The number of hydrogen-bond donors (Lipinski definition) is 0. The highest BCUT2D eigenvalue weighted by Gasteiger charge is 2.33. The molecule has 2 rings (SSSR count). The minimum absolute atomic E-state index is 0.0216. The van der Waals surface area contributed by atoms with E-state index in [1.807, 2.05) is 0 Å². The molecule has 5 heteroatoms. The number of nitrogens with zero attached hydrogens (tertiary/aromatic N) is 2. The van der Waals surface area contributed by atoms with Crippen LogP contribution in [0, 0.1) is 12.8 Å². The summed E-state index contributed by atoms with van der Waals surface area (Å²) in [4.78, 5) is 7.68. The molecule has 1 aromatic heterocycles. The molecule has 0 N–H and O–H groups in total. The molecule has 0 atom stereocenters. The van der Waals surface area contributed by atoms with E-state index in [1.54, 1.807) is 0 Å². The first-order valence-electron chi connectivity index (χ1n) is 5.36. The van der Waals surface area contributed by atoms with Crippen molar-refractivity contribution in [1.82, 2.24) is 9.97 Å². The van der Waals surface area contributed by atoms with Gasteiger partial charge in [0, 0.05) is 12.6 Å². The first-order chi connectivity index (χ1) is 7.47. The van der Waals surface area contributed by atoms with Gasteiger partial charge in [-0.25, -0.2) is 9.97 Å². The monoisotopic (exact) mass is 230 g/mol. The van der Waals surface area contributed by atoms with Crippen molar-refractivity contribution in [1.29, 1.82) is 0 Å². The predicted molar refractivity (Wildman–Crippen MR) is 52.8 cm³/mol. The second-order valence-corrected chi connectivity index (χ2v) is 4.27. The molecule has 0 unspecified atom stereocenters. The molecule has 2 nitrogen and oxygen atoms in total. The largest absolute Gasteiger partial charge is 0.419 e. The average Bonchev–Trinajstić information content (AvgIpc) is 2.96. The topological polar surface area (TPSA) is 25.8 Å². The Balaban J connectivity index is 2.08. The summed E-state index contributed by atoms with van der Waals surface area (Å²) in [5.74, 6) is 1.27. The van der Waals surface area contributed by atoms with E-state index in [4.69, 9.17) is 0 Å². The van der Waals surface area contributed by atoms with E-state index in [1.165, 1.54) is 19.8 Å². The van der Waals surface area contributed by atoms with E-state index in [0.717, 1.165) is 18.5 Å². The van der Waals surface area contributed by atoms with Gasteiger partial charge in [-0.2, -0.15) is 13.2 Å². The van der Waals surface area contributed by atoms with Gasteiger partial charge in [0.05, 0.1) is 11.3 Å². The molecule has 1 aliphatic rings. The Morgan fingerprint density at radius 1 is 1.38 bits per heavy atom. The van der Waals surface area contributed by atoms with Gasteiger partial charge in [-0.05, 0) is 19.3 Å². The highest BCUT2D eigenvalue weighted by Crippen LogP contribution is 2.33. The SMILES string of the molecule is Cc1nc(CCC2CC2)ncc1C(F)(F)F. The van der Waals surface area contributed by atoms with E-state index < -0.39 is 11.7 Å². The van der Waals surface area contributed by atoms with Crippen LogP contribution in [0.4, 0.5) is 13.2 Å². The summed E-state index contributed by atoms with van der Waals surface area (Å²) in [5, 5.41) is 0. The van der Waals surface area contributed by atoms with Gasteiger partial charge in [-0.15, -0.1) is 0 Å². The van der Waals surface area contributed by atoms with Gasteiger partial charge in [0.2, 0.25) is 0 Å². The molecule has 0 bridgehead atoms. The Labute approximate surface area is 91.9 Å². The Hall–Kier alpha value is -1.13. The second kappa shape index (κ2) is 4.03. The van der Waals surface area contributed by atoms with Crippen molar-refractivity contribution in [3.63, 3.8) is 0 Å². The molecular weight excluding hydrogens is 217 g/mol. The normalized spacial score (nSPS) is 16.5. The number of halogens is 3. The van der Waals surface area contributed by atoms with Crippen LogP contribution in [0.3, 0.4) is 0 Å². The molecular formula is C11H13F3N2. The molecule has 88 valence electrons. The standard InChI is InChI=1S/C11H13F3N2/c1-7-9(11(12,13)14)6-15-10(16-7)5-4-8-2-3-8/h6,8H,2-5H2,1H3. The average molecular weight is 230 g/mol. The fourth-order valence-corrected chi connectivity index (χ4v) is 1.65. The smallest absolute Gasteiger partial charge is 0.241 e. The molecule has 0 aromatic carbocycles. The lowest BCUT2D eigenvalue weighted by Gasteiger charge is -2.09. The lowest BCUT2D eigenvalue weighted by molar-refractivity contribution is -0.138. The summed E-state index contributed by atoms with van der Waals surface area (Å²) >= 11 is 0. The van der Waals surface area contributed by atoms with Crippen LogP contribution >= 0.6 is 0 Å². The zero-order valence-electron chi connectivity index (χ0n) is 9.01. The first-order valence-corrected chi connectivity index (χ1v) is 5.36. The molecule has 1 saturated carbocycles. The minimum Gasteiger partial charge on any atom is -0.241 e. The Bertz CT molecular complexity index is 383. The third-order valence-corrected chi connectivity index (χ3v) is 2.81. The van der Waals surface area contributed by atoms with Crippen LogP contribution < -0.4 is 0 Å². The van der Waals surface area contributed by atoms with E-state index >= 15 is 0 Å². The summed E-state index contributed by atoms with van der Waals surface area (Å²) in [6.07, 6.45) is 0.692. The second-order valence-electron chi connectivity index (χ2n) is 4.27. The van der Waals surface area contributed by atoms with Crippen LogP contribution in [0.2, 0.25) is 0 Å². The summed E-state index contributed by atoms with van der Waals surface area (Å²) < 4.78 is 37.3. The summed E-state index contributed by atoms with van der Waals surface area (Å²) in [5.41, 5.74) is -0.712. The predicted octanol–water partition coefficient (Wildman–Crippen LogP) is 3.15. The number of alkyl halides is 3.